The second kappa shape index (κ2) is 5.32. The van der Waals surface area contributed by atoms with Gasteiger partial charge in [-0.2, -0.15) is 11.3 Å². The van der Waals surface area contributed by atoms with Crippen molar-refractivity contribution in [2.75, 3.05) is 7.11 Å². The molecule has 0 N–H and O–H groups in total. The SMILES string of the molecule is COC1(C(=O)Cc2ccsc2)CCCC(C)C1. The Morgan fingerprint density at radius 3 is 3.06 bits per heavy atom. The van der Waals surface area contributed by atoms with Gasteiger partial charge in [0.05, 0.1) is 0 Å². The number of Topliss-reactive ketones (excluding diaryl/α,β-unsaturated/α-hetero) is 1. The second-order valence-electron chi connectivity index (χ2n) is 5.13. The summed E-state index contributed by atoms with van der Waals surface area (Å²) >= 11 is 1.64. The van der Waals surface area contributed by atoms with E-state index in [0.717, 1.165) is 24.8 Å². The van der Waals surface area contributed by atoms with Crippen LogP contribution >= 0.6 is 11.3 Å². The van der Waals surface area contributed by atoms with Crippen LogP contribution in [0.15, 0.2) is 16.8 Å². The lowest BCUT2D eigenvalue weighted by atomic mass is 9.75. The fraction of sp³-hybridized carbons (Fsp3) is 0.643. The van der Waals surface area contributed by atoms with E-state index in [1.165, 1.54) is 6.42 Å². The zero-order chi connectivity index (χ0) is 12.3. The molecule has 1 saturated carbocycles. The van der Waals surface area contributed by atoms with Crippen LogP contribution in [-0.4, -0.2) is 18.5 Å². The number of ether oxygens (including phenoxy) is 1. The first kappa shape index (κ1) is 12.8. The Morgan fingerprint density at radius 2 is 2.47 bits per heavy atom. The van der Waals surface area contributed by atoms with Crippen LogP contribution in [0.4, 0.5) is 0 Å². The van der Waals surface area contributed by atoms with Gasteiger partial charge in [-0.25, -0.2) is 0 Å². The molecule has 0 amide bonds. The Balaban J connectivity index is 2.09. The summed E-state index contributed by atoms with van der Waals surface area (Å²) in [6.45, 7) is 2.21. The highest BCUT2D eigenvalue weighted by molar-refractivity contribution is 7.08. The van der Waals surface area contributed by atoms with E-state index in [2.05, 4.69) is 6.92 Å². The van der Waals surface area contributed by atoms with Crippen LogP contribution in [0.25, 0.3) is 0 Å². The molecule has 1 heterocycles. The Kier molecular flexibility index (Phi) is 4.00. The van der Waals surface area contributed by atoms with Gasteiger partial charge in [-0.1, -0.05) is 13.3 Å². The van der Waals surface area contributed by atoms with Crippen LogP contribution in [0.3, 0.4) is 0 Å². The minimum atomic E-state index is -0.514. The van der Waals surface area contributed by atoms with E-state index in [4.69, 9.17) is 4.74 Å². The molecule has 1 aliphatic carbocycles. The molecule has 1 aromatic rings. The van der Waals surface area contributed by atoms with Crippen molar-refractivity contribution in [3.63, 3.8) is 0 Å². The van der Waals surface area contributed by atoms with Gasteiger partial charge in [0.25, 0.3) is 0 Å². The highest BCUT2D eigenvalue weighted by Gasteiger charge is 2.41. The number of hydrogen-bond donors (Lipinski definition) is 0. The van der Waals surface area contributed by atoms with Crippen molar-refractivity contribution in [1.29, 1.82) is 0 Å². The highest BCUT2D eigenvalue weighted by Crippen LogP contribution is 2.36. The standard InChI is InChI=1S/C14H20O2S/c1-11-4-3-6-14(9-11,16-2)13(15)8-12-5-7-17-10-12/h5,7,10-11H,3-4,6,8-9H2,1-2H3. The number of carbonyl (C=O) groups excluding carboxylic acids is 1. The topological polar surface area (TPSA) is 26.3 Å². The van der Waals surface area contributed by atoms with Gasteiger partial charge in [-0.15, -0.1) is 0 Å². The van der Waals surface area contributed by atoms with E-state index < -0.39 is 5.60 Å². The lowest BCUT2D eigenvalue weighted by Crippen LogP contribution is -2.45. The molecule has 1 fully saturated rings. The van der Waals surface area contributed by atoms with Crippen molar-refractivity contribution in [1.82, 2.24) is 0 Å². The third-order valence-corrected chi connectivity index (χ3v) is 4.53. The number of carbonyl (C=O) groups is 1. The van der Waals surface area contributed by atoms with Crippen molar-refractivity contribution >= 4 is 17.1 Å². The lowest BCUT2D eigenvalue weighted by molar-refractivity contribution is -0.146. The summed E-state index contributed by atoms with van der Waals surface area (Å²) in [4.78, 5) is 12.4. The van der Waals surface area contributed by atoms with Gasteiger partial charge in [0.15, 0.2) is 5.78 Å². The number of thiophene rings is 1. The molecule has 2 nitrogen and oxygen atoms in total. The smallest absolute Gasteiger partial charge is 0.168 e. The molecule has 0 aromatic carbocycles. The van der Waals surface area contributed by atoms with Crippen molar-refractivity contribution < 1.29 is 9.53 Å². The van der Waals surface area contributed by atoms with Crippen LogP contribution in [0.2, 0.25) is 0 Å². The van der Waals surface area contributed by atoms with Crippen molar-refractivity contribution in [2.24, 2.45) is 5.92 Å². The molecule has 94 valence electrons. The average Bonchev–Trinajstić information content (AvgIpc) is 2.81. The molecule has 0 radical (unpaired) electrons. The monoisotopic (exact) mass is 252 g/mol. The summed E-state index contributed by atoms with van der Waals surface area (Å²) < 4.78 is 5.61. The third-order valence-electron chi connectivity index (χ3n) is 3.80. The van der Waals surface area contributed by atoms with Gasteiger partial charge in [0.2, 0.25) is 0 Å². The first-order valence-corrected chi connectivity index (χ1v) is 7.20. The van der Waals surface area contributed by atoms with Crippen LogP contribution in [0.1, 0.15) is 38.2 Å². The molecule has 0 aliphatic heterocycles. The molecule has 2 rings (SSSR count). The van der Waals surface area contributed by atoms with E-state index in [1.54, 1.807) is 18.4 Å². The Labute approximate surface area is 107 Å². The number of methoxy groups -OCH3 is 1. The molecule has 2 unspecified atom stereocenters. The predicted molar refractivity (Wildman–Crippen MR) is 70.4 cm³/mol. The van der Waals surface area contributed by atoms with Gasteiger partial charge in [0, 0.05) is 13.5 Å². The summed E-state index contributed by atoms with van der Waals surface area (Å²) in [5.41, 5.74) is 0.606. The highest BCUT2D eigenvalue weighted by atomic mass is 32.1. The first-order valence-electron chi connectivity index (χ1n) is 6.26. The van der Waals surface area contributed by atoms with Crippen LogP contribution in [0.5, 0.6) is 0 Å². The number of rotatable bonds is 4. The zero-order valence-corrected chi connectivity index (χ0v) is 11.4. The molecular weight excluding hydrogens is 232 g/mol. The summed E-state index contributed by atoms with van der Waals surface area (Å²) in [5.74, 6) is 0.847. The summed E-state index contributed by atoms with van der Waals surface area (Å²) in [7, 11) is 1.68. The zero-order valence-electron chi connectivity index (χ0n) is 10.6. The number of hydrogen-bond acceptors (Lipinski definition) is 3. The van der Waals surface area contributed by atoms with Gasteiger partial charge < -0.3 is 4.74 Å². The Hall–Kier alpha value is -0.670. The Bertz CT molecular complexity index is 372. The molecule has 1 aliphatic rings. The quantitative estimate of drug-likeness (QED) is 0.820. The average molecular weight is 252 g/mol. The molecule has 0 saturated heterocycles. The van der Waals surface area contributed by atoms with Gasteiger partial charge in [0.1, 0.15) is 5.60 Å². The van der Waals surface area contributed by atoms with E-state index >= 15 is 0 Å². The molecule has 17 heavy (non-hydrogen) atoms. The Morgan fingerprint density at radius 1 is 1.65 bits per heavy atom. The fourth-order valence-corrected chi connectivity index (χ4v) is 3.46. The van der Waals surface area contributed by atoms with Gasteiger partial charge in [-0.3, -0.25) is 4.79 Å². The molecule has 1 aromatic heterocycles. The van der Waals surface area contributed by atoms with E-state index in [-0.39, 0.29) is 5.78 Å². The largest absolute Gasteiger partial charge is 0.370 e. The molecule has 3 heteroatoms. The predicted octanol–water partition coefficient (Wildman–Crippen LogP) is 3.46. The fourth-order valence-electron chi connectivity index (χ4n) is 2.80. The van der Waals surface area contributed by atoms with Crippen LogP contribution in [-0.2, 0) is 16.0 Å². The second-order valence-corrected chi connectivity index (χ2v) is 5.91. The molecule has 0 spiro atoms. The maximum absolute atomic E-state index is 12.4. The lowest BCUT2D eigenvalue weighted by Gasteiger charge is -2.37. The van der Waals surface area contributed by atoms with Crippen LogP contribution < -0.4 is 0 Å². The summed E-state index contributed by atoms with van der Waals surface area (Å²) in [6.07, 6.45) is 4.61. The van der Waals surface area contributed by atoms with Crippen molar-refractivity contribution in [3.05, 3.63) is 22.4 Å². The third kappa shape index (κ3) is 2.78. The maximum Gasteiger partial charge on any atom is 0.168 e. The first-order chi connectivity index (χ1) is 8.16. The molecular formula is C14H20O2S. The van der Waals surface area contributed by atoms with E-state index in [0.29, 0.717) is 12.3 Å². The molecule has 2 atom stereocenters. The molecule has 0 bridgehead atoms. The van der Waals surface area contributed by atoms with E-state index in [1.807, 2.05) is 16.8 Å². The summed E-state index contributed by atoms with van der Waals surface area (Å²) in [5, 5.41) is 4.07. The maximum atomic E-state index is 12.4. The van der Waals surface area contributed by atoms with Crippen molar-refractivity contribution in [3.8, 4) is 0 Å². The minimum Gasteiger partial charge on any atom is -0.370 e. The number of ketones is 1. The van der Waals surface area contributed by atoms with E-state index in [9.17, 15) is 4.79 Å². The minimum absolute atomic E-state index is 0.255. The van der Waals surface area contributed by atoms with Gasteiger partial charge in [-0.05, 0) is 47.6 Å². The summed E-state index contributed by atoms with van der Waals surface area (Å²) in [6, 6.07) is 2.03. The van der Waals surface area contributed by atoms with Gasteiger partial charge >= 0.3 is 0 Å². The van der Waals surface area contributed by atoms with Crippen LogP contribution in [0, 0.1) is 5.92 Å². The normalized spacial score (nSPS) is 29.2. The van der Waals surface area contributed by atoms with Crippen molar-refractivity contribution in [2.45, 2.75) is 44.6 Å².